The molecule has 1 heterocycles. The molecule has 2 N–H and O–H groups in total. The Kier molecular flexibility index (Phi) is 7.80. The van der Waals surface area contributed by atoms with Crippen LogP contribution in [0, 0.1) is 11.3 Å². The predicted octanol–water partition coefficient (Wildman–Crippen LogP) is 2.05. The molecule has 1 aromatic carbocycles. The maximum absolute atomic E-state index is 12.5. The molecule has 0 spiro atoms. The number of ether oxygens (including phenoxy) is 1. The number of amides is 2. The minimum Gasteiger partial charge on any atom is -0.384 e. The summed E-state index contributed by atoms with van der Waals surface area (Å²) in [6, 6.07) is 7.47. The van der Waals surface area contributed by atoms with Crippen LogP contribution in [-0.4, -0.2) is 57.1 Å². The summed E-state index contributed by atoms with van der Waals surface area (Å²) < 4.78 is 5.40. The van der Waals surface area contributed by atoms with Crippen molar-refractivity contribution in [1.29, 1.82) is 0 Å². The first-order valence-corrected chi connectivity index (χ1v) is 9.69. The number of nitrogens with zero attached hydrogens (tertiary/aromatic N) is 1. The molecule has 0 aromatic heterocycles. The maximum Gasteiger partial charge on any atom is 0.251 e. The summed E-state index contributed by atoms with van der Waals surface area (Å²) in [6.07, 6.45) is 1.99. The van der Waals surface area contributed by atoms with E-state index in [-0.39, 0.29) is 23.1 Å². The SMILES string of the molecule is COCC1(CNC(=O)c2ccc(CN(C)C(=O)C(C)C)cc2)CCNCC1. The van der Waals surface area contributed by atoms with Gasteiger partial charge in [-0.3, -0.25) is 9.59 Å². The summed E-state index contributed by atoms with van der Waals surface area (Å²) in [4.78, 5) is 26.2. The molecule has 0 radical (unpaired) electrons. The standard InChI is InChI=1S/C21H33N3O3/c1-16(2)20(26)24(3)13-17-5-7-18(8-6-17)19(25)23-14-21(15-27-4)9-11-22-12-10-21/h5-8,16,22H,9-15H2,1-4H3,(H,23,25). The normalized spacial score (nSPS) is 16.2. The molecule has 1 fully saturated rings. The van der Waals surface area contributed by atoms with Gasteiger partial charge in [0.1, 0.15) is 0 Å². The van der Waals surface area contributed by atoms with E-state index in [2.05, 4.69) is 10.6 Å². The molecule has 1 aliphatic heterocycles. The van der Waals surface area contributed by atoms with Crippen LogP contribution in [0.25, 0.3) is 0 Å². The second-order valence-electron chi connectivity index (χ2n) is 7.91. The van der Waals surface area contributed by atoms with Crippen molar-refractivity contribution in [3.05, 3.63) is 35.4 Å². The van der Waals surface area contributed by atoms with E-state index >= 15 is 0 Å². The number of carbonyl (C=O) groups excluding carboxylic acids is 2. The zero-order chi connectivity index (χ0) is 19.9. The minimum atomic E-state index is -0.0674. The largest absolute Gasteiger partial charge is 0.384 e. The van der Waals surface area contributed by atoms with Gasteiger partial charge in [0.05, 0.1) is 6.61 Å². The van der Waals surface area contributed by atoms with Gasteiger partial charge in [-0.15, -0.1) is 0 Å². The van der Waals surface area contributed by atoms with Crippen molar-refractivity contribution in [3.63, 3.8) is 0 Å². The lowest BCUT2D eigenvalue weighted by Gasteiger charge is -2.37. The molecule has 2 amide bonds. The summed E-state index contributed by atoms with van der Waals surface area (Å²) in [5.41, 5.74) is 1.66. The van der Waals surface area contributed by atoms with E-state index in [0.717, 1.165) is 31.5 Å². The molecular weight excluding hydrogens is 342 g/mol. The van der Waals surface area contributed by atoms with E-state index in [1.807, 2.05) is 38.1 Å². The van der Waals surface area contributed by atoms with E-state index in [1.165, 1.54) is 0 Å². The van der Waals surface area contributed by atoms with Gasteiger partial charge in [0, 0.05) is 44.1 Å². The van der Waals surface area contributed by atoms with Crippen LogP contribution in [0.15, 0.2) is 24.3 Å². The highest BCUT2D eigenvalue weighted by Gasteiger charge is 2.32. The van der Waals surface area contributed by atoms with Crippen LogP contribution in [0.1, 0.15) is 42.6 Å². The third-order valence-corrected chi connectivity index (χ3v) is 5.24. The number of carbonyl (C=O) groups is 2. The number of rotatable bonds is 8. The second kappa shape index (κ2) is 9.85. The van der Waals surface area contributed by atoms with Crippen molar-refractivity contribution in [2.24, 2.45) is 11.3 Å². The Morgan fingerprint density at radius 1 is 1.22 bits per heavy atom. The lowest BCUT2D eigenvalue weighted by molar-refractivity contribution is -0.133. The van der Waals surface area contributed by atoms with Crippen LogP contribution in [-0.2, 0) is 16.1 Å². The predicted molar refractivity (Wildman–Crippen MR) is 106 cm³/mol. The summed E-state index contributed by atoms with van der Waals surface area (Å²) in [6.45, 7) is 7.52. The maximum atomic E-state index is 12.5. The van der Waals surface area contributed by atoms with Gasteiger partial charge in [0.15, 0.2) is 0 Å². The van der Waals surface area contributed by atoms with E-state index in [1.54, 1.807) is 19.1 Å². The van der Waals surface area contributed by atoms with Crippen LogP contribution in [0.5, 0.6) is 0 Å². The molecule has 6 nitrogen and oxygen atoms in total. The van der Waals surface area contributed by atoms with Gasteiger partial charge in [-0.1, -0.05) is 26.0 Å². The minimum absolute atomic E-state index is 0.00944. The zero-order valence-electron chi connectivity index (χ0n) is 17.0. The smallest absolute Gasteiger partial charge is 0.251 e. The van der Waals surface area contributed by atoms with Crippen LogP contribution >= 0.6 is 0 Å². The highest BCUT2D eigenvalue weighted by atomic mass is 16.5. The first kappa shape index (κ1) is 21.4. The molecule has 1 aliphatic rings. The first-order chi connectivity index (χ1) is 12.9. The Bertz CT molecular complexity index is 617. The Hall–Kier alpha value is -1.92. The molecule has 6 heteroatoms. The van der Waals surface area contributed by atoms with E-state index in [4.69, 9.17) is 4.74 Å². The number of hydrogen-bond donors (Lipinski definition) is 2. The zero-order valence-corrected chi connectivity index (χ0v) is 17.0. The van der Waals surface area contributed by atoms with Gasteiger partial charge in [0.25, 0.3) is 5.91 Å². The Morgan fingerprint density at radius 2 is 1.85 bits per heavy atom. The van der Waals surface area contributed by atoms with Crippen molar-refractivity contribution in [3.8, 4) is 0 Å². The average molecular weight is 376 g/mol. The monoisotopic (exact) mass is 375 g/mol. The molecule has 2 rings (SSSR count). The number of hydrogen-bond acceptors (Lipinski definition) is 4. The molecular formula is C21H33N3O3. The number of methoxy groups -OCH3 is 1. The van der Waals surface area contributed by atoms with Crippen molar-refractivity contribution in [1.82, 2.24) is 15.5 Å². The Balaban J connectivity index is 1.92. The third kappa shape index (κ3) is 6.04. The molecule has 150 valence electrons. The first-order valence-electron chi connectivity index (χ1n) is 9.69. The number of benzene rings is 1. The summed E-state index contributed by atoms with van der Waals surface area (Å²) in [5, 5.41) is 6.43. The summed E-state index contributed by atoms with van der Waals surface area (Å²) >= 11 is 0. The molecule has 0 saturated carbocycles. The summed E-state index contributed by atoms with van der Waals surface area (Å²) in [7, 11) is 3.52. The van der Waals surface area contributed by atoms with Gasteiger partial charge in [-0.25, -0.2) is 0 Å². The average Bonchev–Trinajstić information content (AvgIpc) is 2.67. The van der Waals surface area contributed by atoms with Crippen molar-refractivity contribution < 1.29 is 14.3 Å². The number of nitrogens with one attached hydrogen (secondary N) is 2. The third-order valence-electron chi connectivity index (χ3n) is 5.24. The quantitative estimate of drug-likeness (QED) is 0.730. The van der Waals surface area contributed by atoms with Gasteiger partial charge < -0.3 is 20.3 Å². The van der Waals surface area contributed by atoms with Gasteiger partial charge in [-0.05, 0) is 43.6 Å². The summed E-state index contributed by atoms with van der Waals surface area (Å²) in [5.74, 6) is 0.0267. The van der Waals surface area contributed by atoms with Crippen molar-refractivity contribution >= 4 is 11.8 Å². The van der Waals surface area contributed by atoms with Crippen molar-refractivity contribution in [2.45, 2.75) is 33.2 Å². The second-order valence-corrected chi connectivity index (χ2v) is 7.91. The molecule has 0 unspecified atom stereocenters. The van der Waals surface area contributed by atoms with Gasteiger partial charge in [-0.2, -0.15) is 0 Å². The highest BCUT2D eigenvalue weighted by molar-refractivity contribution is 5.94. The van der Waals surface area contributed by atoms with E-state index in [0.29, 0.717) is 25.3 Å². The fourth-order valence-corrected chi connectivity index (χ4v) is 3.56. The van der Waals surface area contributed by atoms with Crippen LogP contribution in [0.4, 0.5) is 0 Å². The molecule has 0 aliphatic carbocycles. The van der Waals surface area contributed by atoms with Crippen LogP contribution < -0.4 is 10.6 Å². The van der Waals surface area contributed by atoms with Gasteiger partial charge >= 0.3 is 0 Å². The molecule has 1 aromatic rings. The van der Waals surface area contributed by atoms with Gasteiger partial charge in [0.2, 0.25) is 5.91 Å². The lowest BCUT2D eigenvalue weighted by atomic mass is 9.79. The number of piperidine rings is 1. The topological polar surface area (TPSA) is 70.7 Å². The lowest BCUT2D eigenvalue weighted by Crippen LogP contribution is -2.47. The van der Waals surface area contributed by atoms with Crippen LogP contribution in [0.2, 0.25) is 0 Å². The fraction of sp³-hybridized carbons (Fsp3) is 0.619. The highest BCUT2D eigenvalue weighted by Crippen LogP contribution is 2.28. The van der Waals surface area contributed by atoms with Crippen LogP contribution in [0.3, 0.4) is 0 Å². The van der Waals surface area contributed by atoms with Crippen molar-refractivity contribution in [2.75, 3.05) is 40.4 Å². The Labute approximate surface area is 162 Å². The Morgan fingerprint density at radius 3 is 2.41 bits per heavy atom. The molecule has 1 saturated heterocycles. The van der Waals surface area contributed by atoms with E-state index < -0.39 is 0 Å². The molecule has 0 bridgehead atoms. The van der Waals surface area contributed by atoms with E-state index in [9.17, 15) is 9.59 Å². The molecule has 27 heavy (non-hydrogen) atoms. The molecule has 0 atom stereocenters. The fourth-order valence-electron chi connectivity index (χ4n) is 3.56.